The number of unbranched alkanes of at least 4 members (excludes halogenated alkanes) is 2. The van der Waals surface area contributed by atoms with Gasteiger partial charge in [-0.3, -0.25) is 14.0 Å². The van der Waals surface area contributed by atoms with Crippen LogP contribution in [0.2, 0.25) is 0 Å². The maximum atomic E-state index is 13.0. The van der Waals surface area contributed by atoms with E-state index < -0.39 is 27.7 Å². The summed E-state index contributed by atoms with van der Waals surface area (Å²) in [6, 6.07) is 2.51. The van der Waals surface area contributed by atoms with Gasteiger partial charge in [0.05, 0.1) is 17.0 Å². The lowest BCUT2D eigenvalue weighted by Gasteiger charge is -2.09. The third kappa shape index (κ3) is 5.62. The Morgan fingerprint density at radius 3 is 2.67 bits per heavy atom. The van der Waals surface area contributed by atoms with Crippen molar-refractivity contribution in [2.45, 2.75) is 39.3 Å². The van der Waals surface area contributed by atoms with Crippen LogP contribution in [-0.2, 0) is 28.0 Å². The van der Waals surface area contributed by atoms with Crippen molar-refractivity contribution in [2.24, 2.45) is 7.05 Å². The summed E-state index contributed by atoms with van der Waals surface area (Å²) >= 11 is 0. The molecule has 0 aliphatic heterocycles. The first-order chi connectivity index (χ1) is 15.4. The van der Waals surface area contributed by atoms with Crippen molar-refractivity contribution in [1.82, 2.24) is 24.1 Å². The molecule has 0 aromatic carbocycles. The molecule has 0 bridgehead atoms. The second-order valence-electron chi connectivity index (χ2n) is 7.59. The smallest absolute Gasteiger partial charge is 0.285 e. The number of alkyl halides is 3. The number of aromatic nitrogens is 4. The average Bonchev–Trinajstić information content (AvgIpc) is 3.24. The zero-order valence-corrected chi connectivity index (χ0v) is 19.2. The highest BCUT2D eigenvalue weighted by molar-refractivity contribution is 7.90. The van der Waals surface area contributed by atoms with E-state index in [0.717, 1.165) is 31.2 Å². The molecular weight excluding hydrogens is 459 g/mol. The van der Waals surface area contributed by atoms with Crippen LogP contribution in [0.1, 0.15) is 43.0 Å². The summed E-state index contributed by atoms with van der Waals surface area (Å²) in [6.07, 6.45) is 2.37. The normalized spacial score (nSPS) is 12.7. The van der Waals surface area contributed by atoms with E-state index in [9.17, 15) is 26.4 Å². The van der Waals surface area contributed by atoms with Crippen molar-refractivity contribution < 1.29 is 26.4 Å². The highest BCUT2D eigenvalue weighted by Gasteiger charge is 2.31. The molecule has 0 aliphatic rings. The lowest BCUT2D eigenvalue weighted by Crippen LogP contribution is -2.31. The van der Waals surface area contributed by atoms with Crippen molar-refractivity contribution in [2.75, 3.05) is 5.75 Å². The van der Waals surface area contributed by atoms with E-state index in [1.54, 1.807) is 24.7 Å². The van der Waals surface area contributed by atoms with Crippen LogP contribution in [0.4, 0.5) is 13.2 Å². The number of amides is 1. The van der Waals surface area contributed by atoms with Gasteiger partial charge in [0.25, 0.3) is 5.91 Å². The molecule has 3 aromatic heterocycles. The van der Waals surface area contributed by atoms with E-state index in [2.05, 4.69) is 10.1 Å². The van der Waals surface area contributed by atoms with Gasteiger partial charge in [-0.15, -0.1) is 0 Å². The molecule has 0 radical (unpaired) electrons. The van der Waals surface area contributed by atoms with Gasteiger partial charge in [0.15, 0.2) is 0 Å². The van der Waals surface area contributed by atoms with E-state index >= 15 is 0 Å². The molecule has 0 fully saturated rings. The Balaban J connectivity index is 1.91. The van der Waals surface area contributed by atoms with Crippen LogP contribution >= 0.6 is 0 Å². The summed E-state index contributed by atoms with van der Waals surface area (Å²) < 4.78 is 68.1. The van der Waals surface area contributed by atoms with Gasteiger partial charge in [-0.25, -0.2) is 18.1 Å². The first-order valence-corrected chi connectivity index (χ1v) is 11.9. The van der Waals surface area contributed by atoms with Gasteiger partial charge in [-0.05, 0) is 31.6 Å². The second-order valence-corrected chi connectivity index (χ2v) is 9.43. The van der Waals surface area contributed by atoms with Crippen LogP contribution in [0, 0.1) is 6.92 Å². The standard InChI is InChI=1S/C21H24F3N5O3S/c1-4-5-6-11-33(31,32)27-18(30)8-7-17-14(2)26-28(3)20(17)29-10-9-15-12-16(21(22,23)24)13-25-19(15)29/h7-10,12-13H,4-6,11H2,1-3H3,(H,27,30). The van der Waals surface area contributed by atoms with E-state index in [4.69, 9.17) is 0 Å². The minimum atomic E-state index is -4.51. The van der Waals surface area contributed by atoms with Crippen molar-refractivity contribution in [3.63, 3.8) is 0 Å². The molecule has 0 atom stereocenters. The lowest BCUT2D eigenvalue weighted by molar-refractivity contribution is -0.137. The maximum Gasteiger partial charge on any atom is 0.417 e. The van der Waals surface area contributed by atoms with Gasteiger partial charge >= 0.3 is 6.18 Å². The minimum Gasteiger partial charge on any atom is -0.285 e. The Morgan fingerprint density at radius 2 is 2.00 bits per heavy atom. The predicted molar refractivity (Wildman–Crippen MR) is 118 cm³/mol. The minimum absolute atomic E-state index is 0.140. The third-order valence-electron chi connectivity index (χ3n) is 4.99. The Hall–Kier alpha value is -3.15. The molecule has 1 N–H and O–H groups in total. The molecule has 33 heavy (non-hydrogen) atoms. The van der Waals surface area contributed by atoms with E-state index in [0.29, 0.717) is 23.5 Å². The van der Waals surface area contributed by atoms with Crippen LogP contribution in [0.15, 0.2) is 30.6 Å². The summed E-state index contributed by atoms with van der Waals surface area (Å²) in [5.74, 6) is -0.478. The molecule has 0 spiro atoms. The van der Waals surface area contributed by atoms with Gasteiger partial charge in [0, 0.05) is 36.5 Å². The SMILES string of the molecule is CCCCCS(=O)(=O)NC(=O)C=Cc1c(C)nn(C)c1-n1ccc2cc(C(F)(F)F)cnc21. The highest BCUT2D eigenvalue weighted by Crippen LogP contribution is 2.32. The highest BCUT2D eigenvalue weighted by atomic mass is 32.2. The number of fused-ring (bicyclic) bond motifs is 1. The number of hydrogen-bond donors (Lipinski definition) is 1. The Labute approximate surface area is 189 Å². The first-order valence-electron chi connectivity index (χ1n) is 10.2. The average molecular weight is 484 g/mol. The number of aryl methyl sites for hydroxylation is 2. The molecular formula is C21H24F3N5O3S. The van der Waals surface area contributed by atoms with Gasteiger partial charge in [-0.2, -0.15) is 18.3 Å². The van der Waals surface area contributed by atoms with Gasteiger partial charge < -0.3 is 0 Å². The first kappa shape index (κ1) is 24.5. The topological polar surface area (TPSA) is 98.9 Å². The number of pyridine rings is 1. The van der Waals surface area contributed by atoms with Crippen LogP contribution < -0.4 is 4.72 Å². The fraction of sp³-hybridized carbons (Fsp3) is 0.381. The summed E-state index contributed by atoms with van der Waals surface area (Å²) in [6.45, 7) is 3.64. The summed E-state index contributed by atoms with van der Waals surface area (Å²) in [5.41, 5.74) is 0.459. The van der Waals surface area contributed by atoms with Crippen molar-refractivity contribution >= 4 is 33.0 Å². The molecule has 8 nitrogen and oxygen atoms in total. The van der Waals surface area contributed by atoms with Crippen molar-refractivity contribution in [3.05, 3.63) is 47.4 Å². The predicted octanol–water partition coefficient (Wildman–Crippen LogP) is 3.74. The number of carbonyl (C=O) groups is 1. The molecule has 0 saturated carbocycles. The van der Waals surface area contributed by atoms with E-state index in [1.165, 1.54) is 16.8 Å². The van der Waals surface area contributed by atoms with Crippen molar-refractivity contribution in [3.8, 4) is 5.82 Å². The molecule has 3 aromatic rings. The van der Waals surface area contributed by atoms with Crippen LogP contribution in [0.5, 0.6) is 0 Å². The monoisotopic (exact) mass is 483 g/mol. The fourth-order valence-electron chi connectivity index (χ4n) is 3.43. The molecule has 0 aliphatic carbocycles. The number of carbonyl (C=O) groups excluding carboxylic acids is 1. The molecule has 0 unspecified atom stereocenters. The number of halogens is 3. The Bertz CT molecular complexity index is 1310. The van der Waals surface area contributed by atoms with Gasteiger partial charge in [-0.1, -0.05) is 19.8 Å². The molecule has 12 heteroatoms. The summed E-state index contributed by atoms with van der Waals surface area (Å²) in [4.78, 5) is 16.2. The third-order valence-corrected chi connectivity index (χ3v) is 6.33. The van der Waals surface area contributed by atoms with E-state index in [-0.39, 0.29) is 16.8 Å². The summed E-state index contributed by atoms with van der Waals surface area (Å²) in [5, 5.41) is 4.61. The lowest BCUT2D eigenvalue weighted by atomic mass is 10.2. The number of sulfonamides is 1. The van der Waals surface area contributed by atoms with Crippen LogP contribution in [0.3, 0.4) is 0 Å². The number of rotatable bonds is 8. The number of nitrogens with one attached hydrogen (secondary N) is 1. The zero-order chi connectivity index (χ0) is 24.4. The van der Waals surface area contributed by atoms with Gasteiger partial charge in [0.2, 0.25) is 10.0 Å². The van der Waals surface area contributed by atoms with E-state index in [1.807, 2.05) is 11.6 Å². The molecule has 3 rings (SSSR count). The molecule has 3 heterocycles. The molecule has 0 saturated heterocycles. The maximum absolute atomic E-state index is 13.0. The quantitative estimate of drug-likeness (QED) is 0.389. The zero-order valence-electron chi connectivity index (χ0n) is 18.3. The summed E-state index contributed by atoms with van der Waals surface area (Å²) in [7, 11) is -2.09. The largest absolute Gasteiger partial charge is 0.417 e. The van der Waals surface area contributed by atoms with Gasteiger partial charge in [0.1, 0.15) is 11.5 Å². The Kier molecular flexibility index (Phi) is 6.96. The molecule has 1 amide bonds. The van der Waals surface area contributed by atoms with Crippen molar-refractivity contribution in [1.29, 1.82) is 0 Å². The number of hydrogen-bond acceptors (Lipinski definition) is 5. The Morgan fingerprint density at radius 1 is 1.27 bits per heavy atom. The van der Waals surface area contributed by atoms with Crippen LogP contribution in [-0.4, -0.2) is 39.4 Å². The number of nitrogens with zero attached hydrogens (tertiary/aromatic N) is 4. The molecule has 178 valence electrons. The second kappa shape index (κ2) is 9.38. The fourth-order valence-corrected chi connectivity index (χ4v) is 4.49. The van der Waals surface area contributed by atoms with Crippen LogP contribution in [0.25, 0.3) is 22.9 Å².